The average molecular weight is 426 g/mol. The normalized spacial score (nSPS) is 33.8. The van der Waals surface area contributed by atoms with Gasteiger partial charge in [-0.25, -0.2) is 4.79 Å². The third kappa shape index (κ3) is 3.70. The van der Waals surface area contributed by atoms with Crippen LogP contribution in [0.4, 0.5) is 0 Å². The SMILES string of the molecule is COC(=O)c1ccc(C[NH+]2CC[NH+](CCN3C(=O)[C@@H]4[C@H](C3=O)[C@@H]3C=C[C@H]4C3)CC2)cc1. The molecule has 2 aliphatic heterocycles. The highest BCUT2D eigenvalue weighted by atomic mass is 16.5. The van der Waals surface area contributed by atoms with Gasteiger partial charge in [-0.05, 0) is 30.4 Å². The summed E-state index contributed by atoms with van der Waals surface area (Å²) in [7, 11) is 1.39. The minimum atomic E-state index is -0.307. The molecule has 7 heteroatoms. The molecule has 164 valence electrons. The molecule has 4 aliphatic rings. The summed E-state index contributed by atoms with van der Waals surface area (Å²) in [5, 5.41) is 0. The van der Waals surface area contributed by atoms with E-state index in [9.17, 15) is 14.4 Å². The number of piperazine rings is 1. The summed E-state index contributed by atoms with van der Waals surface area (Å²) in [6, 6.07) is 7.65. The van der Waals surface area contributed by atoms with Crippen molar-refractivity contribution in [2.24, 2.45) is 23.7 Å². The Balaban J connectivity index is 1.08. The van der Waals surface area contributed by atoms with E-state index in [4.69, 9.17) is 4.74 Å². The number of nitrogens with one attached hydrogen (secondary N) is 2. The number of carbonyl (C=O) groups excluding carboxylic acids is 3. The molecule has 3 fully saturated rings. The van der Waals surface area contributed by atoms with Crippen LogP contribution in [-0.2, 0) is 20.9 Å². The number of methoxy groups -OCH3 is 1. The van der Waals surface area contributed by atoms with E-state index in [1.165, 1.54) is 22.5 Å². The van der Waals surface area contributed by atoms with E-state index in [2.05, 4.69) is 12.2 Å². The van der Waals surface area contributed by atoms with E-state index in [0.29, 0.717) is 12.1 Å². The van der Waals surface area contributed by atoms with Crippen LogP contribution in [0.15, 0.2) is 36.4 Å². The molecule has 2 heterocycles. The highest BCUT2D eigenvalue weighted by Gasteiger charge is 2.59. The molecule has 2 aliphatic carbocycles. The zero-order valence-electron chi connectivity index (χ0n) is 18.0. The second-order valence-electron chi connectivity index (χ2n) is 9.44. The van der Waals surface area contributed by atoms with Gasteiger partial charge in [-0.15, -0.1) is 0 Å². The van der Waals surface area contributed by atoms with Crippen LogP contribution >= 0.6 is 0 Å². The van der Waals surface area contributed by atoms with E-state index in [1.54, 1.807) is 4.90 Å². The number of hydrogen-bond donors (Lipinski definition) is 2. The van der Waals surface area contributed by atoms with Gasteiger partial charge in [0.2, 0.25) is 11.8 Å². The van der Waals surface area contributed by atoms with Crippen LogP contribution in [-0.4, -0.2) is 69.1 Å². The predicted octanol–water partition coefficient (Wildman–Crippen LogP) is -1.44. The standard InChI is InChI=1S/C24H29N3O4/c1-31-24(30)17-4-2-16(3-5-17)15-26-10-8-25(9-11-26)12-13-27-22(28)20-18-6-7-19(14-18)21(20)23(27)29/h2-7,18-21H,8-15H2,1H3/p+2/t18-,19+,20-,21+. The topological polar surface area (TPSA) is 72.6 Å². The number of quaternary nitrogens is 2. The minimum Gasteiger partial charge on any atom is -0.465 e. The molecule has 0 unspecified atom stereocenters. The maximum Gasteiger partial charge on any atom is 0.337 e. The molecule has 1 saturated carbocycles. The first-order valence-corrected chi connectivity index (χ1v) is 11.4. The molecule has 1 aromatic carbocycles. The smallest absolute Gasteiger partial charge is 0.337 e. The van der Waals surface area contributed by atoms with Crippen LogP contribution in [0.3, 0.4) is 0 Å². The Morgan fingerprint density at radius 3 is 2.13 bits per heavy atom. The highest BCUT2D eigenvalue weighted by molar-refractivity contribution is 6.06. The van der Waals surface area contributed by atoms with E-state index < -0.39 is 0 Å². The van der Waals surface area contributed by atoms with Crippen molar-refractivity contribution in [3.8, 4) is 0 Å². The number of allylic oxidation sites excluding steroid dienone is 2. The summed E-state index contributed by atoms with van der Waals surface area (Å²) in [5.74, 6) is 0.263. The highest BCUT2D eigenvalue weighted by Crippen LogP contribution is 2.52. The predicted molar refractivity (Wildman–Crippen MR) is 112 cm³/mol. The number of benzene rings is 1. The van der Waals surface area contributed by atoms with Crippen LogP contribution < -0.4 is 9.80 Å². The number of likely N-dealkylation sites (tertiary alicyclic amines) is 1. The van der Waals surface area contributed by atoms with Gasteiger partial charge in [0.1, 0.15) is 32.7 Å². The first kappa shape index (κ1) is 20.4. The summed E-state index contributed by atoms with van der Waals surface area (Å²) < 4.78 is 4.75. The zero-order chi connectivity index (χ0) is 21.5. The molecule has 5 rings (SSSR count). The van der Waals surface area contributed by atoms with E-state index >= 15 is 0 Å². The van der Waals surface area contributed by atoms with E-state index in [1.807, 2.05) is 24.3 Å². The van der Waals surface area contributed by atoms with Gasteiger partial charge in [0.05, 0.1) is 37.6 Å². The Labute approximate surface area is 182 Å². The Morgan fingerprint density at radius 2 is 1.55 bits per heavy atom. The summed E-state index contributed by atoms with van der Waals surface area (Å²) in [6.45, 7) is 6.57. The van der Waals surface area contributed by atoms with Gasteiger partial charge in [-0.2, -0.15) is 0 Å². The van der Waals surface area contributed by atoms with Crippen molar-refractivity contribution in [2.45, 2.75) is 13.0 Å². The molecule has 31 heavy (non-hydrogen) atoms. The summed E-state index contributed by atoms with van der Waals surface area (Å²) in [6.07, 6.45) is 5.29. The third-order valence-corrected chi connectivity index (χ3v) is 7.74. The lowest BCUT2D eigenvalue weighted by molar-refractivity contribution is -1.02. The molecule has 1 aromatic rings. The van der Waals surface area contributed by atoms with Gasteiger partial charge >= 0.3 is 5.97 Å². The monoisotopic (exact) mass is 425 g/mol. The molecule has 2 saturated heterocycles. The van der Waals surface area contributed by atoms with Crippen molar-refractivity contribution in [3.05, 3.63) is 47.5 Å². The number of carbonyl (C=O) groups is 3. The number of hydrogen-bond acceptors (Lipinski definition) is 4. The number of imide groups is 1. The maximum atomic E-state index is 12.8. The Morgan fingerprint density at radius 1 is 0.968 bits per heavy atom. The maximum absolute atomic E-state index is 12.8. The molecule has 2 bridgehead atoms. The van der Waals surface area contributed by atoms with Crippen molar-refractivity contribution >= 4 is 17.8 Å². The van der Waals surface area contributed by atoms with E-state index in [0.717, 1.165) is 45.7 Å². The Hall–Kier alpha value is -2.51. The fourth-order valence-corrected chi connectivity index (χ4v) is 6.00. The molecule has 2 N–H and O–H groups in total. The number of rotatable bonds is 6. The van der Waals surface area contributed by atoms with Gasteiger partial charge in [-0.3, -0.25) is 14.5 Å². The van der Waals surface area contributed by atoms with Crippen LogP contribution in [0.2, 0.25) is 0 Å². The summed E-state index contributed by atoms with van der Waals surface area (Å²) in [5.41, 5.74) is 1.79. The lowest BCUT2D eigenvalue weighted by Gasteiger charge is -2.30. The van der Waals surface area contributed by atoms with Gasteiger partial charge in [0, 0.05) is 5.56 Å². The molecule has 4 atom stereocenters. The molecule has 0 aromatic heterocycles. The van der Waals surface area contributed by atoms with Crippen molar-refractivity contribution in [1.82, 2.24) is 4.90 Å². The first-order valence-electron chi connectivity index (χ1n) is 11.4. The third-order valence-electron chi connectivity index (χ3n) is 7.74. The van der Waals surface area contributed by atoms with Gasteiger partial charge in [0.15, 0.2) is 0 Å². The molecule has 7 nitrogen and oxygen atoms in total. The summed E-state index contributed by atoms with van der Waals surface area (Å²) in [4.78, 5) is 41.8. The van der Waals surface area contributed by atoms with Crippen LogP contribution in [0.1, 0.15) is 22.3 Å². The van der Waals surface area contributed by atoms with Crippen LogP contribution in [0.25, 0.3) is 0 Å². The number of amides is 2. The van der Waals surface area contributed by atoms with Gasteiger partial charge in [0.25, 0.3) is 0 Å². The number of nitrogens with zero attached hydrogens (tertiary/aromatic N) is 1. The van der Waals surface area contributed by atoms with Crippen molar-refractivity contribution in [3.63, 3.8) is 0 Å². The number of ether oxygens (including phenoxy) is 1. The quantitative estimate of drug-likeness (QED) is 0.333. The number of esters is 1. The Bertz CT molecular complexity index is 874. The molecular formula is C24H31N3O4+2. The molecule has 0 spiro atoms. The summed E-state index contributed by atoms with van der Waals surface area (Å²) >= 11 is 0. The largest absolute Gasteiger partial charge is 0.465 e. The second-order valence-corrected chi connectivity index (χ2v) is 9.44. The van der Waals surface area contributed by atoms with Crippen molar-refractivity contribution in [1.29, 1.82) is 0 Å². The van der Waals surface area contributed by atoms with Crippen LogP contribution in [0, 0.1) is 23.7 Å². The second kappa shape index (κ2) is 8.20. The van der Waals surface area contributed by atoms with Crippen molar-refractivity contribution in [2.75, 3.05) is 46.4 Å². The van der Waals surface area contributed by atoms with E-state index in [-0.39, 0.29) is 41.5 Å². The molecular weight excluding hydrogens is 394 g/mol. The van der Waals surface area contributed by atoms with Gasteiger partial charge in [-0.1, -0.05) is 24.3 Å². The zero-order valence-corrected chi connectivity index (χ0v) is 18.0. The molecule has 2 amide bonds. The first-order chi connectivity index (χ1) is 15.0. The lowest BCUT2D eigenvalue weighted by Crippen LogP contribution is -3.27. The number of fused-ring (bicyclic) bond motifs is 5. The lowest BCUT2D eigenvalue weighted by atomic mass is 9.85. The Kier molecular flexibility index (Phi) is 5.40. The fourth-order valence-electron chi connectivity index (χ4n) is 6.00. The van der Waals surface area contributed by atoms with Crippen molar-refractivity contribution < 1.29 is 28.9 Å². The average Bonchev–Trinajstić information content (AvgIpc) is 3.48. The van der Waals surface area contributed by atoms with Gasteiger partial charge < -0.3 is 14.5 Å². The molecule has 0 radical (unpaired) electrons. The fraction of sp³-hybridized carbons (Fsp3) is 0.542. The van der Waals surface area contributed by atoms with Crippen LogP contribution in [0.5, 0.6) is 0 Å². The minimum absolute atomic E-state index is 0.0749.